The van der Waals surface area contributed by atoms with E-state index in [9.17, 15) is 13.0 Å². The first-order chi connectivity index (χ1) is 8.86. The third-order valence-corrected chi connectivity index (χ3v) is 4.58. The molecule has 0 radical (unpaired) electrons. The summed E-state index contributed by atoms with van der Waals surface area (Å²) in [4.78, 5) is 0. The molecule has 3 nitrogen and oxygen atoms in total. The Morgan fingerprint density at radius 2 is 1.85 bits per heavy atom. The number of allylic oxidation sites excluding steroid dienone is 1. The van der Waals surface area contributed by atoms with Crippen molar-refractivity contribution < 1.29 is 42.5 Å². The van der Waals surface area contributed by atoms with Crippen LogP contribution in [0.5, 0.6) is 0 Å². The average Bonchev–Trinajstić information content (AvgIpc) is 2.35. The van der Waals surface area contributed by atoms with Gasteiger partial charge in [-0.15, -0.1) is 0 Å². The molecule has 2 atom stereocenters. The predicted octanol–water partition coefficient (Wildman–Crippen LogP) is 0.454. The quantitative estimate of drug-likeness (QED) is 0.436. The Kier molecular flexibility index (Phi) is 8.95. The topological polar surface area (TPSA) is 57.2 Å². The molecule has 0 amide bonds. The molecule has 0 N–H and O–H groups in total. The van der Waals surface area contributed by atoms with Crippen molar-refractivity contribution in [3.05, 3.63) is 47.5 Å². The van der Waals surface area contributed by atoms with Crippen molar-refractivity contribution in [3.63, 3.8) is 0 Å². The first-order valence-corrected chi connectivity index (χ1v) is 7.99. The summed E-state index contributed by atoms with van der Waals surface area (Å²) in [5.41, 5.74) is 1.71. The van der Waals surface area contributed by atoms with Crippen molar-refractivity contribution in [2.75, 3.05) is 0 Å². The summed E-state index contributed by atoms with van der Waals surface area (Å²) in [5.74, 6) is 0.0372. The molecular formula is C15H21NaO3S. The molecule has 0 saturated heterocycles. The molecule has 0 aliphatic carbocycles. The Labute approximate surface area is 144 Å². The summed E-state index contributed by atoms with van der Waals surface area (Å²) < 4.78 is 34.3. The normalized spacial score (nSPS) is 15.3. The molecule has 1 aromatic rings. The molecule has 0 heterocycles. The van der Waals surface area contributed by atoms with Crippen LogP contribution in [0.15, 0.2) is 42.0 Å². The van der Waals surface area contributed by atoms with Gasteiger partial charge in [-0.05, 0) is 31.2 Å². The molecule has 0 bridgehead atoms. The minimum atomic E-state index is -4.31. The van der Waals surface area contributed by atoms with E-state index in [1.54, 1.807) is 6.92 Å². The smallest absolute Gasteiger partial charge is 0.747 e. The van der Waals surface area contributed by atoms with E-state index in [2.05, 4.69) is 0 Å². The van der Waals surface area contributed by atoms with Crippen LogP contribution in [-0.4, -0.2) is 18.2 Å². The molecule has 0 saturated carbocycles. The van der Waals surface area contributed by atoms with Crippen LogP contribution in [0.25, 0.3) is 0 Å². The monoisotopic (exact) mass is 304 g/mol. The van der Waals surface area contributed by atoms with Crippen molar-refractivity contribution >= 4 is 10.1 Å². The van der Waals surface area contributed by atoms with Gasteiger partial charge in [0, 0.05) is 0 Å². The molecule has 2 unspecified atom stereocenters. The second-order valence-corrected chi connectivity index (χ2v) is 6.44. The Hall–Kier alpha value is -0.130. The van der Waals surface area contributed by atoms with Gasteiger partial charge in [-0.2, -0.15) is 0 Å². The molecule has 0 aliphatic rings. The first-order valence-electron chi connectivity index (χ1n) is 6.52. The Morgan fingerprint density at radius 3 is 2.30 bits per heavy atom. The third-order valence-electron chi connectivity index (χ3n) is 3.32. The van der Waals surface area contributed by atoms with Crippen molar-refractivity contribution in [3.8, 4) is 0 Å². The van der Waals surface area contributed by atoms with Crippen molar-refractivity contribution in [2.45, 2.75) is 44.8 Å². The van der Waals surface area contributed by atoms with Crippen LogP contribution in [0, 0.1) is 0 Å². The molecular weight excluding hydrogens is 283 g/mol. The van der Waals surface area contributed by atoms with Gasteiger partial charge in [-0.3, -0.25) is 0 Å². The fourth-order valence-corrected chi connectivity index (χ4v) is 3.30. The molecule has 0 aliphatic heterocycles. The van der Waals surface area contributed by atoms with Crippen LogP contribution in [0.4, 0.5) is 0 Å². The van der Waals surface area contributed by atoms with E-state index in [1.165, 1.54) is 0 Å². The molecule has 0 fully saturated rings. The van der Waals surface area contributed by atoms with Crippen molar-refractivity contribution in [1.29, 1.82) is 0 Å². The molecule has 0 aromatic heterocycles. The van der Waals surface area contributed by atoms with E-state index >= 15 is 0 Å². The zero-order chi connectivity index (χ0) is 14.5. The van der Waals surface area contributed by atoms with Gasteiger partial charge in [0.25, 0.3) is 0 Å². The number of hydrogen-bond acceptors (Lipinski definition) is 3. The Balaban J connectivity index is 0.00000361. The Bertz CT molecular complexity index is 523. The molecule has 1 rings (SSSR count). The van der Waals surface area contributed by atoms with Crippen LogP contribution in [0.3, 0.4) is 0 Å². The minimum absolute atomic E-state index is 0. The van der Waals surface area contributed by atoms with Gasteiger partial charge >= 0.3 is 29.6 Å². The van der Waals surface area contributed by atoms with Gasteiger partial charge in [-0.1, -0.05) is 55.8 Å². The van der Waals surface area contributed by atoms with Gasteiger partial charge in [0.15, 0.2) is 0 Å². The van der Waals surface area contributed by atoms with E-state index in [-0.39, 0.29) is 35.5 Å². The second kappa shape index (κ2) is 9.00. The maximum atomic E-state index is 11.4. The van der Waals surface area contributed by atoms with Gasteiger partial charge in [0.05, 0.1) is 5.25 Å². The van der Waals surface area contributed by atoms with E-state index < -0.39 is 15.4 Å². The van der Waals surface area contributed by atoms with Crippen molar-refractivity contribution in [1.82, 2.24) is 0 Å². The number of hydrogen-bond donors (Lipinski definition) is 0. The minimum Gasteiger partial charge on any atom is -0.747 e. The summed E-state index contributed by atoms with van der Waals surface area (Å²) in [5, 5.41) is -0.928. The molecule has 5 heteroatoms. The third kappa shape index (κ3) is 6.10. The van der Waals surface area contributed by atoms with Crippen molar-refractivity contribution in [2.24, 2.45) is 0 Å². The molecule has 20 heavy (non-hydrogen) atoms. The van der Waals surface area contributed by atoms with Crippen LogP contribution < -0.4 is 29.6 Å². The Morgan fingerprint density at radius 1 is 1.30 bits per heavy atom. The SMILES string of the molecule is CC/C=C(\C)C(CC(C)c1ccccc1)S(=O)(=O)[O-].[Na+]. The van der Waals surface area contributed by atoms with E-state index in [0.29, 0.717) is 12.0 Å². The average molecular weight is 304 g/mol. The van der Waals surface area contributed by atoms with E-state index in [1.807, 2.05) is 50.3 Å². The maximum Gasteiger partial charge on any atom is 1.00 e. The van der Waals surface area contributed by atoms with Gasteiger partial charge in [0.1, 0.15) is 10.1 Å². The van der Waals surface area contributed by atoms with E-state index in [4.69, 9.17) is 0 Å². The van der Waals surface area contributed by atoms with Gasteiger partial charge in [-0.25, -0.2) is 8.42 Å². The van der Waals surface area contributed by atoms with Crippen LogP contribution in [-0.2, 0) is 10.1 Å². The fraction of sp³-hybridized carbons (Fsp3) is 0.467. The summed E-state index contributed by atoms with van der Waals surface area (Å²) in [6, 6.07) is 9.67. The number of benzene rings is 1. The van der Waals surface area contributed by atoms with Gasteiger partial charge in [0.2, 0.25) is 0 Å². The number of rotatable bonds is 6. The second-order valence-electron chi connectivity index (χ2n) is 4.89. The predicted molar refractivity (Wildman–Crippen MR) is 77.0 cm³/mol. The largest absolute Gasteiger partial charge is 1.00 e. The summed E-state index contributed by atoms with van der Waals surface area (Å²) in [7, 11) is -4.31. The summed E-state index contributed by atoms with van der Waals surface area (Å²) >= 11 is 0. The van der Waals surface area contributed by atoms with Crippen LogP contribution in [0.1, 0.15) is 45.1 Å². The summed E-state index contributed by atoms with van der Waals surface area (Å²) in [6.45, 7) is 5.60. The zero-order valence-electron chi connectivity index (χ0n) is 12.7. The standard InChI is InChI=1S/C15H22O3S.Na/c1-4-8-12(2)15(19(16,17)18)11-13(3)14-9-6-5-7-10-14;/h5-10,13,15H,4,11H2,1-3H3,(H,16,17,18);/q;+1/p-1/b12-8+;. The van der Waals surface area contributed by atoms with Crippen LogP contribution >= 0.6 is 0 Å². The first kappa shape index (κ1) is 19.9. The zero-order valence-corrected chi connectivity index (χ0v) is 15.5. The fourth-order valence-electron chi connectivity index (χ4n) is 2.22. The summed E-state index contributed by atoms with van der Waals surface area (Å²) in [6.07, 6.45) is 2.88. The molecule has 0 spiro atoms. The maximum absolute atomic E-state index is 11.4. The van der Waals surface area contributed by atoms with Gasteiger partial charge < -0.3 is 4.55 Å². The van der Waals surface area contributed by atoms with E-state index in [0.717, 1.165) is 12.0 Å². The molecule has 106 valence electrons. The van der Waals surface area contributed by atoms with Crippen LogP contribution in [0.2, 0.25) is 0 Å². The molecule has 1 aromatic carbocycles.